The Hall–Kier alpha value is -0.660. The van der Waals surface area contributed by atoms with E-state index in [1.54, 1.807) is 0 Å². The molecule has 1 heterocycles. The Kier molecular flexibility index (Phi) is 4.85. The van der Waals surface area contributed by atoms with E-state index < -0.39 is 0 Å². The fourth-order valence-corrected chi connectivity index (χ4v) is 1.96. The van der Waals surface area contributed by atoms with E-state index in [1.807, 2.05) is 0 Å². The highest BCUT2D eigenvalue weighted by Crippen LogP contribution is 2.15. The van der Waals surface area contributed by atoms with Gasteiger partial charge in [0.05, 0.1) is 6.17 Å². The normalized spacial score (nSPS) is 20.9. The zero-order chi connectivity index (χ0) is 10.4. The summed E-state index contributed by atoms with van der Waals surface area (Å²) in [5.41, 5.74) is 0. The summed E-state index contributed by atoms with van der Waals surface area (Å²) in [4.78, 5) is 4.82. The van der Waals surface area contributed by atoms with Crippen molar-refractivity contribution in [2.45, 2.75) is 52.6 Å². The minimum atomic E-state index is 0.571. The molecule has 1 unspecified atom stereocenters. The van der Waals surface area contributed by atoms with E-state index in [1.165, 1.54) is 32.2 Å². The molecule has 2 heteroatoms. The SMILES string of the molecule is CCCCCCN1C=CN(CC)C1C. The molecule has 82 valence electrons. The van der Waals surface area contributed by atoms with Crippen molar-refractivity contribution < 1.29 is 0 Å². The van der Waals surface area contributed by atoms with Crippen LogP contribution in [0.4, 0.5) is 0 Å². The van der Waals surface area contributed by atoms with Crippen molar-refractivity contribution in [3.8, 4) is 0 Å². The fourth-order valence-electron chi connectivity index (χ4n) is 1.96. The van der Waals surface area contributed by atoms with Crippen LogP contribution < -0.4 is 0 Å². The quantitative estimate of drug-likeness (QED) is 0.602. The molecule has 1 aliphatic heterocycles. The van der Waals surface area contributed by atoms with Crippen LogP contribution in [0.2, 0.25) is 0 Å². The molecule has 0 saturated heterocycles. The van der Waals surface area contributed by atoms with Gasteiger partial charge in [0, 0.05) is 25.5 Å². The third kappa shape index (κ3) is 2.93. The van der Waals surface area contributed by atoms with E-state index in [2.05, 4.69) is 43.0 Å². The van der Waals surface area contributed by atoms with Crippen LogP contribution in [0.3, 0.4) is 0 Å². The zero-order valence-electron chi connectivity index (χ0n) is 9.87. The molecule has 0 N–H and O–H groups in total. The van der Waals surface area contributed by atoms with Crippen LogP contribution in [0.15, 0.2) is 12.4 Å². The van der Waals surface area contributed by atoms with Gasteiger partial charge < -0.3 is 9.80 Å². The van der Waals surface area contributed by atoms with Crippen LogP contribution in [0.5, 0.6) is 0 Å². The van der Waals surface area contributed by atoms with Crippen molar-refractivity contribution in [2.24, 2.45) is 0 Å². The van der Waals surface area contributed by atoms with Crippen molar-refractivity contribution in [3.05, 3.63) is 12.4 Å². The molecule has 0 aromatic heterocycles. The van der Waals surface area contributed by atoms with Gasteiger partial charge in [-0.1, -0.05) is 26.2 Å². The maximum Gasteiger partial charge on any atom is 0.0977 e. The van der Waals surface area contributed by atoms with Gasteiger partial charge in [0.15, 0.2) is 0 Å². The molecular weight excluding hydrogens is 172 g/mol. The van der Waals surface area contributed by atoms with Gasteiger partial charge in [-0.3, -0.25) is 0 Å². The predicted octanol–water partition coefficient (Wildman–Crippen LogP) is 3.02. The highest BCUT2D eigenvalue weighted by molar-refractivity contribution is 4.94. The van der Waals surface area contributed by atoms with Crippen LogP contribution >= 0.6 is 0 Å². The molecule has 1 aliphatic rings. The van der Waals surface area contributed by atoms with E-state index in [0.29, 0.717) is 6.17 Å². The molecule has 0 bridgehead atoms. The topological polar surface area (TPSA) is 6.48 Å². The van der Waals surface area contributed by atoms with E-state index in [9.17, 15) is 0 Å². The average Bonchev–Trinajstić information content (AvgIpc) is 2.55. The van der Waals surface area contributed by atoms with Crippen LogP contribution in [-0.4, -0.2) is 29.1 Å². The Labute approximate surface area is 88.6 Å². The minimum Gasteiger partial charge on any atom is -0.357 e. The van der Waals surface area contributed by atoms with Crippen LogP contribution in [0.1, 0.15) is 46.5 Å². The smallest absolute Gasteiger partial charge is 0.0977 e. The number of unbranched alkanes of at least 4 members (excludes halogenated alkanes) is 3. The first-order valence-electron chi connectivity index (χ1n) is 5.99. The Bertz CT molecular complexity index is 177. The summed E-state index contributed by atoms with van der Waals surface area (Å²) in [6.07, 6.45) is 10.4. The Balaban J connectivity index is 2.17. The lowest BCUT2D eigenvalue weighted by atomic mass is 10.2. The third-order valence-electron chi connectivity index (χ3n) is 3.04. The summed E-state index contributed by atoms with van der Waals surface area (Å²) in [6, 6.07) is 0. The Morgan fingerprint density at radius 2 is 1.71 bits per heavy atom. The zero-order valence-corrected chi connectivity index (χ0v) is 9.87. The van der Waals surface area contributed by atoms with Crippen molar-refractivity contribution >= 4 is 0 Å². The largest absolute Gasteiger partial charge is 0.357 e. The predicted molar refractivity (Wildman–Crippen MR) is 61.8 cm³/mol. The summed E-state index contributed by atoms with van der Waals surface area (Å²) >= 11 is 0. The molecule has 0 fully saturated rings. The summed E-state index contributed by atoms with van der Waals surface area (Å²) in [7, 11) is 0. The van der Waals surface area contributed by atoms with E-state index in [0.717, 1.165) is 6.54 Å². The van der Waals surface area contributed by atoms with E-state index >= 15 is 0 Å². The first kappa shape index (κ1) is 11.4. The highest BCUT2D eigenvalue weighted by atomic mass is 15.4. The monoisotopic (exact) mass is 196 g/mol. The van der Waals surface area contributed by atoms with Gasteiger partial charge in [0.2, 0.25) is 0 Å². The van der Waals surface area contributed by atoms with Gasteiger partial charge in [-0.2, -0.15) is 0 Å². The summed E-state index contributed by atoms with van der Waals surface area (Å²) < 4.78 is 0. The van der Waals surface area contributed by atoms with E-state index in [4.69, 9.17) is 0 Å². The first-order valence-corrected chi connectivity index (χ1v) is 5.99. The van der Waals surface area contributed by atoms with Gasteiger partial charge in [0.25, 0.3) is 0 Å². The van der Waals surface area contributed by atoms with Gasteiger partial charge in [-0.05, 0) is 20.3 Å². The van der Waals surface area contributed by atoms with Crippen molar-refractivity contribution in [1.82, 2.24) is 9.80 Å². The molecule has 14 heavy (non-hydrogen) atoms. The second kappa shape index (κ2) is 5.94. The standard InChI is InChI=1S/C12H24N2/c1-4-6-7-8-9-14-11-10-13(5-2)12(14)3/h10-12H,4-9H2,1-3H3. The molecule has 0 saturated carbocycles. The van der Waals surface area contributed by atoms with Crippen LogP contribution in [0, 0.1) is 0 Å². The molecule has 0 spiro atoms. The van der Waals surface area contributed by atoms with Gasteiger partial charge in [-0.15, -0.1) is 0 Å². The molecule has 0 aliphatic carbocycles. The molecule has 1 rings (SSSR count). The number of rotatable bonds is 6. The van der Waals surface area contributed by atoms with Crippen LogP contribution in [-0.2, 0) is 0 Å². The fraction of sp³-hybridized carbons (Fsp3) is 0.833. The van der Waals surface area contributed by atoms with Gasteiger partial charge >= 0.3 is 0 Å². The molecule has 0 amide bonds. The minimum absolute atomic E-state index is 0.571. The van der Waals surface area contributed by atoms with Crippen molar-refractivity contribution in [1.29, 1.82) is 0 Å². The molecular formula is C12H24N2. The first-order chi connectivity index (χ1) is 6.79. The highest BCUT2D eigenvalue weighted by Gasteiger charge is 2.19. The Morgan fingerprint density at radius 1 is 1.00 bits per heavy atom. The lowest BCUT2D eigenvalue weighted by molar-refractivity contribution is 0.173. The molecule has 1 atom stereocenters. The number of hydrogen-bond acceptors (Lipinski definition) is 2. The number of hydrogen-bond donors (Lipinski definition) is 0. The Morgan fingerprint density at radius 3 is 2.29 bits per heavy atom. The molecule has 0 aromatic carbocycles. The maximum atomic E-state index is 2.44. The molecule has 0 aromatic rings. The van der Waals surface area contributed by atoms with Crippen LogP contribution in [0.25, 0.3) is 0 Å². The van der Waals surface area contributed by atoms with Gasteiger partial charge in [-0.25, -0.2) is 0 Å². The second-order valence-electron chi connectivity index (χ2n) is 4.06. The molecule has 2 nitrogen and oxygen atoms in total. The lowest BCUT2D eigenvalue weighted by Crippen LogP contribution is -2.36. The van der Waals surface area contributed by atoms with E-state index in [-0.39, 0.29) is 0 Å². The summed E-state index contributed by atoms with van der Waals surface area (Å²) in [6.45, 7) is 9.08. The second-order valence-corrected chi connectivity index (χ2v) is 4.06. The summed E-state index contributed by atoms with van der Waals surface area (Å²) in [5.74, 6) is 0. The molecule has 0 radical (unpaired) electrons. The lowest BCUT2D eigenvalue weighted by Gasteiger charge is -2.28. The third-order valence-corrected chi connectivity index (χ3v) is 3.04. The van der Waals surface area contributed by atoms with Crippen molar-refractivity contribution in [2.75, 3.05) is 13.1 Å². The number of nitrogens with zero attached hydrogens (tertiary/aromatic N) is 2. The van der Waals surface area contributed by atoms with Gasteiger partial charge in [0.1, 0.15) is 0 Å². The summed E-state index contributed by atoms with van der Waals surface area (Å²) in [5, 5.41) is 0. The maximum absolute atomic E-state index is 2.44. The van der Waals surface area contributed by atoms with Crippen molar-refractivity contribution in [3.63, 3.8) is 0 Å². The average molecular weight is 196 g/mol.